The fourth-order valence-electron chi connectivity index (χ4n) is 0.994. The van der Waals surface area contributed by atoms with Gasteiger partial charge in [0.25, 0.3) is 0 Å². The van der Waals surface area contributed by atoms with Crippen molar-refractivity contribution in [1.29, 1.82) is 0 Å². The number of hydrogen-bond acceptors (Lipinski definition) is 5. The lowest BCUT2D eigenvalue weighted by Gasteiger charge is -2.02. The van der Waals surface area contributed by atoms with Crippen molar-refractivity contribution in [3.63, 3.8) is 0 Å². The van der Waals surface area contributed by atoms with Crippen LogP contribution in [0.15, 0.2) is 12.5 Å². The van der Waals surface area contributed by atoms with Crippen LogP contribution in [0.1, 0.15) is 5.82 Å². The van der Waals surface area contributed by atoms with Crippen molar-refractivity contribution >= 4 is 28.3 Å². The van der Waals surface area contributed by atoms with Gasteiger partial charge in [0.15, 0.2) is 0 Å². The van der Waals surface area contributed by atoms with Crippen LogP contribution in [-0.2, 0) is 13.6 Å². The van der Waals surface area contributed by atoms with E-state index in [1.165, 1.54) is 17.9 Å². The Balaban J connectivity index is 2.02. The first-order valence-electron chi connectivity index (χ1n) is 3.94. The highest BCUT2D eigenvalue weighted by Gasteiger charge is 2.04. The lowest BCUT2D eigenvalue weighted by atomic mass is 10.6. The van der Waals surface area contributed by atoms with Crippen molar-refractivity contribution in [1.82, 2.24) is 18.9 Å². The Hall–Kier alpha value is -1.14. The Morgan fingerprint density at radius 2 is 2.43 bits per heavy atom. The van der Waals surface area contributed by atoms with E-state index in [-0.39, 0.29) is 0 Å². The molecule has 2 aromatic rings. The normalized spacial score (nSPS) is 10.4. The van der Waals surface area contributed by atoms with Crippen LogP contribution in [0.25, 0.3) is 0 Å². The molecule has 0 aliphatic heterocycles. The summed E-state index contributed by atoms with van der Waals surface area (Å²) >= 11 is 7.15. The number of anilines is 1. The van der Waals surface area contributed by atoms with E-state index in [1.54, 1.807) is 6.20 Å². The number of nitrogens with one attached hydrogen (secondary N) is 1. The molecule has 0 aromatic carbocycles. The monoisotopic (exact) mass is 229 g/mol. The average molecular weight is 230 g/mol. The molecule has 0 aliphatic carbocycles. The quantitative estimate of drug-likeness (QED) is 0.868. The molecule has 0 saturated heterocycles. The molecule has 0 bridgehead atoms. The van der Waals surface area contributed by atoms with Gasteiger partial charge in [-0.2, -0.15) is 4.37 Å². The van der Waals surface area contributed by atoms with Gasteiger partial charge in [-0.15, -0.1) is 0 Å². The zero-order chi connectivity index (χ0) is 9.97. The van der Waals surface area contributed by atoms with Gasteiger partial charge in [-0.25, -0.2) is 9.97 Å². The van der Waals surface area contributed by atoms with Gasteiger partial charge in [0.2, 0.25) is 5.13 Å². The maximum atomic E-state index is 5.84. The van der Waals surface area contributed by atoms with E-state index in [2.05, 4.69) is 19.7 Å². The first-order chi connectivity index (χ1) is 6.77. The largest absolute Gasteiger partial charge is 0.353 e. The molecule has 0 fully saturated rings. The van der Waals surface area contributed by atoms with Crippen LogP contribution < -0.4 is 5.32 Å². The van der Waals surface area contributed by atoms with E-state index >= 15 is 0 Å². The van der Waals surface area contributed by atoms with Crippen LogP contribution >= 0.6 is 23.1 Å². The van der Waals surface area contributed by atoms with Crippen LogP contribution in [0.5, 0.6) is 0 Å². The highest BCUT2D eigenvalue weighted by molar-refractivity contribution is 7.09. The molecule has 5 nitrogen and oxygen atoms in total. The topological polar surface area (TPSA) is 55.6 Å². The second-order valence-electron chi connectivity index (χ2n) is 2.66. The summed E-state index contributed by atoms with van der Waals surface area (Å²) in [4.78, 5) is 8.13. The van der Waals surface area contributed by atoms with Gasteiger partial charge in [-0.1, -0.05) is 11.6 Å². The molecular formula is C7H8ClN5S. The molecule has 0 aliphatic rings. The van der Waals surface area contributed by atoms with Crippen molar-refractivity contribution in [2.45, 2.75) is 6.54 Å². The smallest absolute Gasteiger partial charge is 0.202 e. The van der Waals surface area contributed by atoms with E-state index < -0.39 is 0 Å². The van der Waals surface area contributed by atoms with Crippen molar-refractivity contribution < 1.29 is 0 Å². The zero-order valence-corrected chi connectivity index (χ0v) is 9.01. The molecule has 0 atom stereocenters. The highest BCUT2D eigenvalue weighted by atomic mass is 35.5. The fourth-order valence-corrected chi connectivity index (χ4v) is 1.57. The molecule has 14 heavy (non-hydrogen) atoms. The minimum atomic E-state index is 0.596. The first-order valence-corrected chi connectivity index (χ1v) is 5.09. The number of imidazole rings is 1. The van der Waals surface area contributed by atoms with E-state index in [4.69, 9.17) is 11.6 Å². The van der Waals surface area contributed by atoms with Gasteiger partial charge in [0.1, 0.15) is 17.3 Å². The summed E-state index contributed by atoms with van der Waals surface area (Å²) in [5, 5.41) is 4.50. The summed E-state index contributed by atoms with van der Waals surface area (Å²) in [7, 11) is 1.87. The standard InChI is InChI=1S/C7H8ClN5S/c1-13-5(8)2-9-6(13)3-10-7-11-4-12-14-7/h2,4H,3H2,1H3,(H,10,11,12). The average Bonchev–Trinajstić information content (AvgIpc) is 2.77. The molecule has 0 amide bonds. The van der Waals surface area contributed by atoms with Crippen molar-refractivity contribution in [2.24, 2.45) is 7.05 Å². The van der Waals surface area contributed by atoms with Crippen LogP contribution in [-0.4, -0.2) is 18.9 Å². The summed E-state index contributed by atoms with van der Waals surface area (Å²) in [5.74, 6) is 0.866. The third-order valence-electron chi connectivity index (χ3n) is 1.79. The summed E-state index contributed by atoms with van der Waals surface area (Å²) in [6.45, 7) is 0.596. The molecule has 2 rings (SSSR count). The molecule has 0 saturated carbocycles. The van der Waals surface area contributed by atoms with Crippen LogP contribution in [0.3, 0.4) is 0 Å². The highest BCUT2D eigenvalue weighted by Crippen LogP contribution is 2.12. The molecule has 0 radical (unpaired) electrons. The Kier molecular flexibility index (Phi) is 2.64. The van der Waals surface area contributed by atoms with E-state index in [1.807, 2.05) is 11.6 Å². The SMILES string of the molecule is Cn1c(Cl)cnc1CNc1ncns1. The van der Waals surface area contributed by atoms with Crippen molar-refractivity contribution in [3.05, 3.63) is 23.5 Å². The predicted octanol–water partition coefficient (Wildman–Crippen LogP) is 1.54. The molecule has 0 unspecified atom stereocenters. The summed E-state index contributed by atoms with van der Waals surface area (Å²) in [5.41, 5.74) is 0. The van der Waals surface area contributed by atoms with Gasteiger partial charge < -0.3 is 9.88 Å². The van der Waals surface area contributed by atoms with Crippen LogP contribution in [0.4, 0.5) is 5.13 Å². The van der Waals surface area contributed by atoms with E-state index in [0.29, 0.717) is 11.7 Å². The zero-order valence-electron chi connectivity index (χ0n) is 7.44. The maximum absolute atomic E-state index is 5.84. The maximum Gasteiger partial charge on any atom is 0.202 e. The summed E-state index contributed by atoms with van der Waals surface area (Å²) in [6, 6.07) is 0. The predicted molar refractivity (Wildman–Crippen MR) is 55.5 cm³/mol. The number of rotatable bonds is 3. The second kappa shape index (κ2) is 3.93. The molecular weight excluding hydrogens is 222 g/mol. The number of halogens is 1. The molecule has 0 spiro atoms. The van der Waals surface area contributed by atoms with Crippen LogP contribution in [0.2, 0.25) is 5.15 Å². The fraction of sp³-hybridized carbons (Fsp3) is 0.286. The Morgan fingerprint density at radius 1 is 1.57 bits per heavy atom. The molecule has 1 N–H and O–H groups in total. The van der Waals surface area contributed by atoms with Crippen molar-refractivity contribution in [2.75, 3.05) is 5.32 Å². The molecule has 2 heterocycles. The van der Waals surface area contributed by atoms with Crippen LogP contribution in [0, 0.1) is 0 Å². The molecule has 74 valence electrons. The second-order valence-corrected chi connectivity index (χ2v) is 3.82. The lowest BCUT2D eigenvalue weighted by Crippen LogP contribution is -2.05. The molecule has 7 heteroatoms. The number of aromatic nitrogens is 4. The summed E-state index contributed by atoms with van der Waals surface area (Å²) < 4.78 is 5.69. The van der Waals surface area contributed by atoms with E-state index in [0.717, 1.165) is 11.0 Å². The Labute approximate surface area is 89.9 Å². The van der Waals surface area contributed by atoms with Gasteiger partial charge in [-0.05, 0) is 0 Å². The number of hydrogen-bond donors (Lipinski definition) is 1. The van der Waals surface area contributed by atoms with Gasteiger partial charge >= 0.3 is 0 Å². The van der Waals surface area contributed by atoms with E-state index in [9.17, 15) is 0 Å². The third kappa shape index (κ3) is 1.85. The minimum absolute atomic E-state index is 0.596. The van der Waals surface area contributed by atoms with Gasteiger partial charge in [0, 0.05) is 18.6 Å². The van der Waals surface area contributed by atoms with Gasteiger partial charge in [-0.3, -0.25) is 0 Å². The Bertz CT molecular complexity index is 410. The van der Waals surface area contributed by atoms with Gasteiger partial charge in [0.05, 0.1) is 12.7 Å². The lowest BCUT2D eigenvalue weighted by molar-refractivity contribution is 0.813. The molecule has 2 aromatic heterocycles. The first kappa shape index (κ1) is 9.42. The minimum Gasteiger partial charge on any atom is -0.353 e. The number of nitrogens with zero attached hydrogens (tertiary/aromatic N) is 4. The Morgan fingerprint density at radius 3 is 3.00 bits per heavy atom. The third-order valence-corrected chi connectivity index (χ3v) is 2.76. The summed E-state index contributed by atoms with van der Waals surface area (Å²) in [6.07, 6.45) is 3.14. The van der Waals surface area contributed by atoms with Crippen molar-refractivity contribution in [3.8, 4) is 0 Å².